The summed E-state index contributed by atoms with van der Waals surface area (Å²) in [5, 5.41) is 3.06. The summed E-state index contributed by atoms with van der Waals surface area (Å²) in [6.07, 6.45) is 3.41. The predicted octanol–water partition coefficient (Wildman–Crippen LogP) is 3.80. The highest BCUT2D eigenvalue weighted by Crippen LogP contribution is 2.33. The smallest absolute Gasteiger partial charge is 0.161 e. The summed E-state index contributed by atoms with van der Waals surface area (Å²) < 4.78 is 21.8. The maximum Gasteiger partial charge on any atom is 0.161 e. The van der Waals surface area contributed by atoms with E-state index in [1.54, 1.807) is 38.1 Å². The molecule has 4 rings (SSSR count). The van der Waals surface area contributed by atoms with E-state index < -0.39 is 0 Å². The van der Waals surface area contributed by atoms with Crippen LogP contribution in [0.25, 0.3) is 10.6 Å². The summed E-state index contributed by atoms with van der Waals surface area (Å²) in [4.78, 5) is 6.14. The van der Waals surface area contributed by atoms with E-state index in [2.05, 4.69) is 5.38 Å². The van der Waals surface area contributed by atoms with E-state index in [0.717, 1.165) is 47.4 Å². The van der Waals surface area contributed by atoms with Gasteiger partial charge < -0.3 is 23.2 Å². The second-order valence-electron chi connectivity index (χ2n) is 6.65. The van der Waals surface area contributed by atoms with Gasteiger partial charge in [-0.15, -0.1) is 11.3 Å². The van der Waals surface area contributed by atoms with Crippen LogP contribution in [0.2, 0.25) is 0 Å². The van der Waals surface area contributed by atoms with E-state index in [9.17, 15) is 0 Å². The topological polar surface area (TPSA) is 62.1 Å². The lowest BCUT2D eigenvalue weighted by molar-refractivity contribution is -0.943. The SMILES string of the molecule is COc1ccc(-c2nc(C[NH+](Cc3ccco3)Cc3ccco3)cs2)cc1OC. The number of furan rings is 2. The van der Waals surface area contributed by atoms with Crippen LogP contribution >= 0.6 is 11.3 Å². The average molecular weight is 412 g/mol. The first kappa shape index (κ1) is 19.3. The van der Waals surface area contributed by atoms with Crippen LogP contribution in [0.5, 0.6) is 11.5 Å². The zero-order valence-electron chi connectivity index (χ0n) is 16.4. The molecule has 6 nitrogen and oxygen atoms in total. The van der Waals surface area contributed by atoms with Crippen LogP contribution in [0.1, 0.15) is 17.2 Å². The van der Waals surface area contributed by atoms with Gasteiger partial charge in [0.15, 0.2) is 23.0 Å². The molecule has 0 amide bonds. The molecule has 1 aromatic carbocycles. The Morgan fingerprint density at radius 3 is 2.17 bits per heavy atom. The first-order valence-electron chi connectivity index (χ1n) is 9.30. The van der Waals surface area contributed by atoms with Crippen molar-refractivity contribution in [2.75, 3.05) is 14.2 Å². The van der Waals surface area contributed by atoms with Crippen LogP contribution in [0.15, 0.2) is 69.2 Å². The molecule has 0 atom stereocenters. The quantitative estimate of drug-likeness (QED) is 0.454. The Balaban J connectivity index is 1.52. The van der Waals surface area contributed by atoms with E-state index >= 15 is 0 Å². The van der Waals surface area contributed by atoms with E-state index in [-0.39, 0.29) is 0 Å². The summed E-state index contributed by atoms with van der Waals surface area (Å²) in [6, 6.07) is 13.7. The maximum atomic E-state index is 5.55. The average Bonchev–Trinajstić information content (AvgIpc) is 3.51. The first-order chi connectivity index (χ1) is 14.2. The van der Waals surface area contributed by atoms with Crippen LogP contribution in [0, 0.1) is 0 Å². The molecule has 0 unspecified atom stereocenters. The highest BCUT2D eigenvalue weighted by Gasteiger charge is 2.17. The monoisotopic (exact) mass is 411 g/mol. The van der Waals surface area contributed by atoms with Gasteiger partial charge in [0.2, 0.25) is 0 Å². The maximum absolute atomic E-state index is 5.55. The third-order valence-electron chi connectivity index (χ3n) is 4.62. The standard InChI is InChI=1S/C22H22N2O4S/c1-25-20-8-7-16(11-21(20)26-2)22-23-17(15-29-22)12-24(13-18-5-3-9-27-18)14-19-6-4-10-28-19/h3-11,15H,12-14H2,1-2H3/p+1. The molecule has 0 spiro atoms. The number of hydrogen-bond acceptors (Lipinski definition) is 6. The summed E-state index contributed by atoms with van der Waals surface area (Å²) >= 11 is 1.63. The van der Waals surface area contributed by atoms with Crippen LogP contribution in [0.3, 0.4) is 0 Å². The Morgan fingerprint density at radius 1 is 0.897 bits per heavy atom. The van der Waals surface area contributed by atoms with Crippen LogP contribution < -0.4 is 14.4 Å². The van der Waals surface area contributed by atoms with Crippen molar-refractivity contribution in [1.29, 1.82) is 0 Å². The number of rotatable bonds is 9. The van der Waals surface area contributed by atoms with E-state index in [4.69, 9.17) is 23.3 Å². The highest BCUT2D eigenvalue weighted by molar-refractivity contribution is 7.13. The van der Waals surface area contributed by atoms with Gasteiger partial charge in [0.1, 0.15) is 30.3 Å². The number of nitrogens with one attached hydrogen (secondary N) is 1. The van der Waals surface area contributed by atoms with Gasteiger partial charge in [-0.05, 0) is 42.5 Å². The van der Waals surface area contributed by atoms with E-state index in [1.807, 2.05) is 42.5 Å². The highest BCUT2D eigenvalue weighted by atomic mass is 32.1. The summed E-state index contributed by atoms with van der Waals surface area (Å²) in [6.45, 7) is 2.29. The fraction of sp³-hybridized carbons (Fsp3) is 0.227. The fourth-order valence-electron chi connectivity index (χ4n) is 3.25. The van der Waals surface area contributed by atoms with Crippen LogP contribution in [-0.4, -0.2) is 19.2 Å². The van der Waals surface area contributed by atoms with Crippen molar-refractivity contribution in [3.8, 4) is 22.1 Å². The lowest BCUT2D eigenvalue weighted by Crippen LogP contribution is -3.08. The van der Waals surface area contributed by atoms with Gasteiger partial charge in [0, 0.05) is 10.9 Å². The number of nitrogens with zero attached hydrogens (tertiary/aromatic N) is 1. The van der Waals surface area contributed by atoms with Crippen molar-refractivity contribution >= 4 is 11.3 Å². The summed E-state index contributed by atoms with van der Waals surface area (Å²) in [5.74, 6) is 3.30. The molecular weight excluding hydrogens is 388 g/mol. The molecule has 0 bridgehead atoms. The van der Waals surface area contributed by atoms with Gasteiger partial charge in [-0.25, -0.2) is 4.98 Å². The number of hydrogen-bond donors (Lipinski definition) is 1. The zero-order chi connectivity index (χ0) is 20.1. The van der Waals surface area contributed by atoms with Crippen molar-refractivity contribution in [3.63, 3.8) is 0 Å². The molecule has 150 valence electrons. The number of benzene rings is 1. The summed E-state index contributed by atoms with van der Waals surface area (Å²) in [5.41, 5.74) is 2.05. The molecule has 0 aliphatic heterocycles. The van der Waals surface area contributed by atoms with Gasteiger partial charge >= 0.3 is 0 Å². The molecule has 4 aromatic rings. The lowest BCUT2D eigenvalue weighted by Gasteiger charge is -2.16. The van der Waals surface area contributed by atoms with E-state index in [0.29, 0.717) is 11.5 Å². The second kappa shape index (κ2) is 8.98. The number of methoxy groups -OCH3 is 2. The minimum absolute atomic E-state index is 0.699. The van der Waals surface area contributed by atoms with Gasteiger partial charge in [0.25, 0.3) is 0 Å². The second-order valence-corrected chi connectivity index (χ2v) is 7.51. The molecule has 1 N–H and O–H groups in total. The first-order valence-corrected chi connectivity index (χ1v) is 10.2. The fourth-order valence-corrected chi connectivity index (χ4v) is 4.07. The Kier molecular flexibility index (Phi) is 5.97. The Labute approximate surface area is 173 Å². The number of aromatic nitrogens is 1. The molecule has 0 saturated carbocycles. The molecular formula is C22H23N2O4S+. The predicted molar refractivity (Wildman–Crippen MR) is 110 cm³/mol. The molecule has 0 aliphatic rings. The van der Waals surface area contributed by atoms with Crippen molar-refractivity contribution in [2.45, 2.75) is 19.6 Å². The molecule has 3 aromatic heterocycles. The van der Waals surface area contributed by atoms with Crippen LogP contribution in [-0.2, 0) is 19.6 Å². The third kappa shape index (κ3) is 4.70. The van der Waals surface area contributed by atoms with Crippen molar-refractivity contribution in [3.05, 3.63) is 77.6 Å². The molecule has 29 heavy (non-hydrogen) atoms. The largest absolute Gasteiger partial charge is 0.493 e. The molecule has 0 fully saturated rings. The molecule has 0 saturated heterocycles. The van der Waals surface area contributed by atoms with Crippen molar-refractivity contribution < 1.29 is 23.2 Å². The van der Waals surface area contributed by atoms with Gasteiger partial charge in [-0.3, -0.25) is 0 Å². The zero-order valence-corrected chi connectivity index (χ0v) is 17.2. The van der Waals surface area contributed by atoms with Gasteiger partial charge in [-0.2, -0.15) is 0 Å². The molecule has 7 heteroatoms. The van der Waals surface area contributed by atoms with Crippen molar-refractivity contribution in [1.82, 2.24) is 4.98 Å². The van der Waals surface area contributed by atoms with Crippen molar-refractivity contribution in [2.24, 2.45) is 0 Å². The number of thiazole rings is 1. The Morgan fingerprint density at radius 2 is 1.59 bits per heavy atom. The van der Waals surface area contributed by atoms with Crippen LogP contribution in [0.4, 0.5) is 0 Å². The lowest BCUT2D eigenvalue weighted by atomic mass is 10.2. The summed E-state index contributed by atoms with van der Waals surface area (Å²) in [7, 11) is 3.27. The Bertz CT molecular complexity index is 989. The Hall–Kier alpha value is -3.03. The number of quaternary nitrogens is 1. The minimum atomic E-state index is 0.699. The normalized spacial score (nSPS) is 11.1. The van der Waals surface area contributed by atoms with E-state index in [1.165, 1.54) is 4.90 Å². The van der Waals surface area contributed by atoms with Gasteiger partial charge in [0.05, 0.1) is 26.7 Å². The minimum Gasteiger partial charge on any atom is -0.493 e. The molecule has 3 heterocycles. The number of ether oxygens (including phenoxy) is 2. The molecule has 0 radical (unpaired) electrons. The molecule has 0 aliphatic carbocycles. The van der Waals surface area contributed by atoms with Gasteiger partial charge in [-0.1, -0.05) is 0 Å². The third-order valence-corrected chi connectivity index (χ3v) is 5.56.